The van der Waals surface area contributed by atoms with Gasteiger partial charge in [0.15, 0.2) is 0 Å². The van der Waals surface area contributed by atoms with Crippen LogP contribution in [-0.2, 0) is 0 Å². The van der Waals surface area contributed by atoms with Crippen LogP contribution in [0.25, 0.3) is 0 Å². The van der Waals surface area contributed by atoms with E-state index in [4.69, 9.17) is 23.2 Å². The molecule has 0 aromatic heterocycles. The minimum Gasteiger partial charge on any atom is -0.393 e. The van der Waals surface area contributed by atoms with Crippen LogP contribution in [0.2, 0.25) is 10.0 Å². The summed E-state index contributed by atoms with van der Waals surface area (Å²) in [6.45, 7) is 6.08. The van der Waals surface area contributed by atoms with Gasteiger partial charge < -0.3 is 15.7 Å². The van der Waals surface area contributed by atoms with Crippen LogP contribution in [-0.4, -0.2) is 23.8 Å². The van der Waals surface area contributed by atoms with Crippen molar-refractivity contribution in [1.82, 2.24) is 10.6 Å². The normalized spacial score (nSPS) is 15.1. The summed E-state index contributed by atoms with van der Waals surface area (Å²) in [5, 5.41) is 16.0. The summed E-state index contributed by atoms with van der Waals surface area (Å²) >= 11 is 12.0. The second kappa shape index (κ2) is 8.47. The summed E-state index contributed by atoms with van der Waals surface area (Å²) < 4.78 is 0. The number of rotatable bonds is 6. The first-order chi connectivity index (χ1) is 9.79. The second-order valence-electron chi connectivity index (χ2n) is 5.43. The summed E-state index contributed by atoms with van der Waals surface area (Å²) in [4.78, 5) is 11.8. The van der Waals surface area contributed by atoms with Gasteiger partial charge >= 0.3 is 6.03 Å². The lowest BCUT2D eigenvalue weighted by Crippen LogP contribution is -2.39. The monoisotopic (exact) mass is 332 g/mol. The molecule has 0 aliphatic rings. The Morgan fingerprint density at radius 2 is 1.95 bits per heavy atom. The first-order valence-electron chi connectivity index (χ1n) is 6.97. The van der Waals surface area contributed by atoms with Crippen molar-refractivity contribution in [1.29, 1.82) is 0 Å². The number of urea groups is 1. The van der Waals surface area contributed by atoms with Gasteiger partial charge in [-0.2, -0.15) is 0 Å². The van der Waals surface area contributed by atoms with Gasteiger partial charge in [0.25, 0.3) is 0 Å². The van der Waals surface area contributed by atoms with Gasteiger partial charge in [-0.3, -0.25) is 0 Å². The molecule has 21 heavy (non-hydrogen) atoms. The lowest BCUT2D eigenvalue weighted by molar-refractivity contribution is 0.163. The van der Waals surface area contributed by atoms with Gasteiger partial charge in [-0.25, -0.2) is 4.79 Å². The third-order valence-corrected chi connectivity index (χ3v) is 3.69. The Bertz CT molecular complexity index is 481. The molecule has 0 bridgehead atoms. The van der Waals surface area contributed by atoms with E-state index in [1.165, 1.54) is 0 Å². The summed E-state index contributed by atoms with van der Waals surface area (Å²) in [6, 6.07) is 4.71. The number of amides is 2. The first-order valence-corrected chi connectivity index (χ1v) is 7.72. The average Bonchev–Trinajstić information content (AvgIpc) is 2.35. The van der Waals surface area contributed by atoms with Crippen LogP contribution in [0.1, 0.15) is 38.8 Å². The molecule has 1 rings (SSSR count). The largest absolute Gasteiger partial charge is 0.393 e. The predicted octanol–water partition coefficient (Wildman–Crippen LogP) is 3.76. The van der Waals surface area contributed by atoms with Gasteiger partial charge in [0.1, 0.15) is 0 Å². The molecule has 6 heteroatoms. The lowest BCUT2D eigenvalue weighted by atomic mass is 10.1. The fraction of sp³-hybridized carbons (Fsp3) is 0.533. The van der Waals surface area contributed by atoms with Gasteiger partial charge in [-0.1, -0.05) is 36.2 Å². The first kappa shape index (κ1) is 18.1. The maximum Gasteiger partial charge on any atom is 0.315 e. The minimum absolute atomic E-state index is 0.213. The van der Waals surface area contributed by atoms with Crippen molar-refractivity contribution in [3.05, 3.63) is 33.8 Å². The SMILES string of the molecule is CC(O)CC(C)CNC(=O)NC(C)c1ccc(Cl)cc1Cl. The topological polar surface area (TPSA) is 61.4 Å². The van der Waals surface area contributed by atoms with Gasteiger partial charge in [0.05, 0.1) is 12.1 Å². The van der Waals surface area contributed by atoms with Crippen LogP contribution in [0.5, 0.6) is 0 Å². The fourth-order valence-electron chi connectivity index (χ4n) is 2.11. The zero-order valence-corrected chi connectivity index (χ0v) is 14.0. The number of halogens is 2. The van der Waals surface area contributed by atoms with E-state index in [1.54, 1.807) is 25.1 Å². The molecule has 0 saturated carbocycles. The summed E-state index contributed by atoms with van der Waals surface area (Å²) in [5.74, 6) is 0.213. The maximum atomic E-state index is 11.8. The summed E-state index contributed by atoms with van der Waals surface area (Å²) in [5.41, 5.74) is 0.813. The highest BCUT2D eigenvalue weighted by molar-refractivity contribution is 6.35. The number of hydrogen-bond acceptors (Lipinski definition) is 2. The Hall–Kier alpha value is -0.970. The van der Waals surface area contributed by atoms with Crippen molar-refractivity contribution in [2.45, 2.75) is 39.3 Å². The molecule has 3 N–H and O–H groups in total. The maximum absolute atomic E-state index is 11.8. The van der Waals surface area contributed by atoms with E-state index in [9.17, 15) is 9.90 Å². The quantitative estimate of drug-likeness (QED) is 0.742. The number of aliphatic hydroxyl groups excluding tert-OH is 1. The van der Waals surface area contributed by atoms with Crippen LogP contribution in [0.15, 0.2) is 18.2 Å². The van der Waals surface area contributed by atoms with E-state index >= 15 is 0 Å². The predicted molar refractivity (Wildman–Crippen MR) is 86.9 cm³/mol. The van der Waals surface area contributed by atoms with E-state index in [0.29, 0.717) is 23.0 Å². The molecule has 4 nitrogen and oxygen atoms in total. The van der Waals surface area contributed by atoms with Crippen LogP contribution in [0.3, 0.4) is 0 Å². The number of carbonyl (C=O) groups excluding carboxylic acids is 1. The van der Waals surface area contributed by atoms with Gasteiger partial charge in [-0.15, -0.1) is 0 Å². The van der Waals surface area contributed by atoms with E-state index in [0.717, 1.165) is 5.56 Å². The standard InChI is InChI=1S/C15H22Cl2N2O2/c1-9(6-10(2)20)8-18-15(21)19-11(3)13-5-4-12(16)7-14(13)17/h4-5,7,9-11,20H,6,8H2,1-3H3,(H2,18,19,21). The van der Waals surface area contributed by atoms with Crippen molar-refractivity contribution in [2.75, 3.05) is 6.54 Å². The molecule has 0 radical (unpaired) electrons. The molecule has 118 valence electrons. The molecule has 1 aromatic rings. The molecule has 0 heterocycles. The summed E-state index contributed by atoms with van der Waals surface area (Å²) in [7, 11) is 0. The Labute approximate surface area is 135 Å². The van der Waals surface area contributed by atoms with Crippen LogP contribution in [0.4, 0.5) is 4.79 Å². The summed E-state index contributed by atoms with van der Waals surface area (Å²) in [6.07, 6.45) is 0.287. The average molecular weight is 333 g/mol. The molecule has 3 unspecified atom stereocenters. The van der Waals surface area contributed by atoms with E-state index < -0.39 is 0 Å². The van der Waals surface area contributed by atoms with E-state index in [1.807, 2.05) is 13.8 Å². The highest BCUT2D eigenvalue weighted by atomic mass is 35.5. The molecule has 3 atom stereocenters. The Morgan fingerprint density at radius 3 is 2.52 bits per heavy atom. The molecule has 1 aromatic carbocycles. The van der Waals surface area contributed by atoms with Gasteiger partial charge in [0, 0.05) is 16.6 Å². The molecule has 0 fully saturated rings. The fourth-order valence-corrected chi connectivity index (χ4v) is 2.68. The zero-order chi connectivity index (χ0) is 16.0. The third kappa shape index (κ3) is 6.55. The zero-order valence-electron chi connectivity index (χ0n) is 12.5. The molecule has 0 saturated heterocycles. The van der Waals surface area contributed by atoms with Crippen molar-refractivity contribution >= 4 is 29.2 Å². The molecule has 0 spiro atoms. The highest BCUT2D eigenvalue weighted by Crippen LogP contribution is 2.25. The minimum atomic E-state index is -0.364. The molecular weight excluding hydrogens is 311 g/mol. The Balaban J connectivity index is 2.47. The van der Waals surface area contributed by atoms with Gasteiger partial charge in [0.2, 0.25) is 0 Å². The van der Waals surface area contributed by atoms with E-state index in [2.05, 4.69) is 10.6 Å². The van der Waals surface area contributed by atoms with Crippen LogP contribution < -0.4 is 10.6 Å². The van der Waals surface area contributed by atoms with Crippen molar-refractivity contribution < 1.29 is 9.90 Å². The number of aliphatic hydroxyl groups is 1. The smallest absolute Gasteiger partial charge is 0.315 e. The third-order valence-electron chi connectivity index (χ3n) is 3.13. The van der Waals surface area contributed by atoms with Crippen LogP contribution in [0, 0.1) is 5.92 Å². The molecule has 0 aliphatic heterocycles. The molecular formula is C15H22Cl2N2O2. The number of hydrogen-bond donors (Lipinski definition) is 3. The number of carbonyl (C=O) groups is 1. The van der Waals surface area contributed by atoms with Crippen molar-refractivity contribution in [2.24, 2.45) is 5.92 Å². The second-order valence-corrected chi connectivity index (χ2v) is 6.28. The highest BCUT2D eigenvalue weighted by Gasteiger charge is 2.14. The van der Waals surface area contributed by atoms with Gasteiger partial charge in [-0.05, 0) is 43.9 Å². The van der Waals surface area contributed by atoms with Crippen molar-refractivity contribution in [3.8, 4) is 0 Å². The Kier molecular flexibility index (Phi) is 7.29. The number of nitrogens with one attached hydrogen (secondary N) is 2. The Morgan fingerprint density at radius 1 is 1.29 bits per heavy atom. The lowest BCUT2D eigenvalue weighted by Gasteiger charge is -2.18. The number of benzene rings is 1. The van der Waals surface area contributed by atoms with Crippen LogP contribution >= 0.6 is 23.2 Å². The van der Waals surface area contributed by atoms with E-state index in [-0.39, 0.29) is 24.1 Å². The molecule has 2 amide bonds. The van der Waals surface area contributed by atoms with Crippen molar-refractivity contribution in [3.63, 3.8) is 0 Å². The molecule has 0 aliphatic carbocycles.